The summed E-state index contributed by atoms with van der Waals surface area (Å²) in [4.78, 5) is 13.4. The van der Waals surface area contributed by atoms with Gasteiger partial charge < -0.3 is 15.1 Å². The molecule has 118 valence electrons. The van der Waals surface area contributed by atoms with E-state index in [9.17, 15) is 0 Å². The Morgan fingerprint density at radius 3 is 2.43 bits per heavy atom. The Balaban J connectivity index is 1.63. The highest BCUT2D eigenvalue weighted by Crippen LogP contribution is 2.20. The van der Waals surface area contributed by atoms with Crippen LogP contribution in [0.15, 0.2) is 36.5 Å². The van der Waals surface area contributed by atoms with Crippen molar-refractivity contribution in [3.8, 4) is 6.07 Å². The van der Waals surface area contributed by atoms with Crippen molar-refractivity contribution in [2.24, 2.45) is 0 Å². The minimum absolute atomic E-state index is 0.680. The molecular formula is C17H20N6. The number of aromatic nitrogens is 2. The highest BCUT2D eigenvalue weighted by molar-refractivity contribution is 5.52. The Morgan fingerprint density at radius 1 is 1.09 bits per heavy atom. The molecule has 1 aliphatic rings. The van der Waals surface area contributed by atoms with Crippen molar-refractivity contribution < 1.29 is 0 Å². The summed E-state index contributed by atoms with van der Waals surface area (Å²) in [5.74, 6) is 1.65. The normalized spacial score (nSPS) is 14.4. The fourth-order valence-electron chi connectivity index (χ4n) is 2.71. The molecule has 1 N–H and O–H groups in total. The number of rotatable bonds is 4. The molecule has 1 fully saturated rings. The number of nitrogens with one attached hydrogen (secondary N) is 1. The minimum atomic E-state index is 0.680. The molecule has 1 aromatic heterocycles. The van der Waals surface area contributed by atoms with E-state index in [2.05, 4.69) is 31.2 Å². The van der Waals surface area contributed by atoms with E-state index < -0.39 is 0 Å². The smallest absolute Gasteiger partial charge is 0.224 e. The lowest BCUT2D eigenvalue weighted by Crippen LogP contribution is -2.46. The van der Waals surface area contributed by atoms with E-state index in [-0.39, 0.29) is 0 Å². The number of anilines is 3. The van der Waals surface area contributed by atoms with Gasteiger partial charge in [-0.25, -0.2) is 4.98 Å². The fourth-order valence-corrected chi connectivity index (χ4v) is 2.71. The minimum Gasteiger partial charge on any atom is -0.368 e. The maximum absolute atomic E-state index is 8.87. The molecule has 0 unspecified atom stereocenters. The monoisotopic (exact) mass is 308 g/mol. The number of nitriles is 1. The first kappa shape index (κ1) is 15.1. The lowest BCUT2D eigenvalue weighted by Gasteiger charge is -2.36. The Labute approximate surface area is 136 Å². The van der Waals surface area contributed by atoms with E-state index in [1.165, 1.54) is 5.69 Å². The summed E-state index contributed by atoms with van der Waals surface area (Å²) < 4.78 is 0. The molecular weight excluding hydrogens is 288 g/mol. The quantitative estimate of drug-likeness (QED) is 0.933. The maximum Gasteiger partial charge on any atom is 0.224 e. The van der Waals surface area contributed by atoms with Crippen LogP contribution >= 0.6 is 0 Å². The molecule has 2 heterocycles. The van der Waals surface area contributed by atoms with Crippen molar-refractivity contribution in [2.45, 2.75) is 6.92 Å². The molecule has 1 saturated heterocycles. The lowest BCUT2D eigenvalue weighted by molar-refractivity contribution is 0.647. The maximum atomic E-state index is 8.87. The summed E-state index contributed by atoms with van der Waals surface area (Å²) in [5.41, 5.74) is 1.86. The largest absolute Gasteiger partial charge is 0.368 e. The molecule has 1 aromatic carbocycles. The van der Waals surface area contributed by atoms with Crippen molar-refractivity contribution in [2.75, 3.05) is 47.8 Å². The Hall–Kier alpha value is -2.81. The number of hydrogen-bond acceptors (Lipinski definition) is 6. The summed E-state index contributed by atoms with van der Waals surface area (Å²) in [6.07, 6.45) is 1.80. The number of benzene rings is 1. The lowest BCUT2D eigenvalue weighted by atomic mass is 10.2. The average Bonchev–Trinajstić information content (AvgIpc) is 2.62. The van der Waals surface area contributed by atoms with E-state index in [0.717, 1.165) is 38.5 Å². The van der Waals surface area contributed by atoms with Crippen molar-refractivity contribution in [1.29, 1.82) is 5.26 Å². The van der Waals surface area contributed by atoms with Crippen molar-refractivity contribution in [1.82, 2.24) is 9.97 Å². The van der Waals surface area contributed by atoms with Crippen LogP contribution in [0.25, 0.3) is 0 Å². The standard InChI is InChI=1S/C17H20N6/c1-2-19-17-20-8-7-16(21-17)23-11-9-22(10-12-23)15-5-3-14(13-18)4-6-15/h3-8H,2,9-12H2,1H3,(H,19,20,21). The molecule has 6 heteroatoms. The second-order valence-electron chi connectivity index (χ2n) is 5.40. The predicted octanol–water partition coefficient (Wildman–Crippen LogP) is 2.11. The van der Waals surface area contributed by atoms with Crippen molar-refractivity contribution in [3.05, 3.63) is 42.1 Å². The van der Waals surface area contributed by atoms with Crippen LogP contribution in [-0.4, -0.2) is 42.7 Å². The molecule has 0 radical (unpaired) electrons. The van der Waals surface area contributed by atoms with Gasteiger partial charge in [-0.3, -0.25) is 0 Å². The third-order valence-corrected chi connectivity index (χ3v) is 3.94. The molecule has 0 spiro atoms. The van der Waals surface area contributed by atoms with Crippen LogP contribution < -0.4 is 15.1 Å². The zero-order valence-corrected chi connectivity index (χ0v) is 13.2. The zero-order valence-electron chi connectivity index (χ0n) is 13.2. The molecule has 0 amide bonds. The topological polar surface area (TPSA) is 68.1 Å². The van der Waals surface area contributed by atoms with Crippen LogP contribution in [-0.2, 0) is 0 Å². The molecule has 1 aliphatic heterocycles. The highest BCUT2D eigenvalue weighted by atomic mass is 15.3. The Kier molecular flexibility index (Phi) is 4.57. The van der Waals surface area contributed by atoms with Gasteiger partial charge in [0, 0.05) is 44.6 Å². The first-order valence-electron chi connectivity index (χ1n) is 7.87. The van der Waals surface area contributed by atoms with Gasteiger partial charge in [0.2, 0.25) is 5.95 Å². The van der Waals surface area contributed by atoms with Crippen molar-refractivity contribution in [3.63, 3.8) is 0 Å². The van der Waals surface area contributed by atoms with Crippen LogP contribution in [0.3, 0.4) is 0 Å². The van der Waals surface area contributed by atoms with Crippen LogP contribution in [0.5, 0.6) is 0 Å². The predicted molar refractivity (Wildman–Crippen MR) is 91.8 cm³/mol. The third-order valence-electron chi connectivity index (χ3n) is 3.94. The van der Waals surface area contributed by atoms with Gasteiger partial charge in [0.15, 0.2) is 0 Å². The third kappa shape index (κ3) is 3.51. The SMILES string of the molecule is CCNc1nccc(N2CCN(c3ccc(C#N)cc3)CC2)n1. The van der Waals surface area contributed by atoms with Gasteiger partial charge in [0.1, 0.15) is 5.82 Å². The van der Waals surface area contributed by atoms with Gasteiger partial charge in [0.05, 0.1) is 11.6 Å². The highest BCUT2D eigenvalue weighted by Gasteiger charge is 2.18. The van der Waals surface area contributed by atoms with Gasteiger partial charge in [0.25, 0.3) is 0 Å². The summed E-state index contributed by atoms with van der Waals surface area (Å²) >= 11 is 0. The van der Waals surface area contributed by atoms with E-state index in [4.69, 9.17) is 5.26 Å². The molecule has 0 saturated carbocycles. The van der Waals surface area contributed by atoms with E-state index in [1.807, 2.05) is 37.3 Å². The Morgan fingerprint density at radius 2 is 1.78 bits per heavy atom. The second kappa shape index (κ2) is 6.97. The summed E-state index contributed by atoms with van der Waals surface area (Å²) in [7, 11) is 0. The van der Waals surface area contributed by atoms with Gasteiger partial charge in [-0.15, -0.1) is 0 Å². The zero-order chi connectivity index (χ0) is 16.1. The average molecular weight is 308 g/mol. The number of piperazine rings is 1. The number of nitrogens with zero attached hydrogens (tertiary/aromatic N) is 5. The Bertz CT molecular complexity index is 683. The van der Waals surface area contributed by atoms with Gasteiger partial charge >= 0.3 is 0 Å². The second-order valence-corrected chi connectivity index (χ2v) is 5.40. The fraction of sp³-hybridized carbons (Fsp3) is 0.353. The van der Waals surface area contributed by atoms with Crippen molar-refractivity contribution >= 4 is 17.5 Å². The molecule has 0 atom stereocenters. The molecule has 6 nitrogen and oxygen atoms in total. The number of hydrogen-bond donors (Lipinski definition) is 1. The van der Waals surface area contributed by atoms with Crippen LogP contribution in [0, 0.1) is 11.3 Å². The molecule has 2 aromatic rings. The summed E-state index contributed by atoms with van der Waals surface area (Å²) in [6.45, 7) is 6.56. The molecule has 0 aliphatic carbocycles. The van der Waals surface area contributed by atoms with E-state index in [0.29, 0.717) is 11.5 Å². The van der Waals surface area contributed by atoms with Gasteiger partial charge in [-0.1, -0.05) is 0 Å². The summed E-state index contributed by atoms with van der Waals surface area (Å²) in [5, 5.41) is 12.0. The summed E-state index contributed by atoms with van der Waals surface area (Å²) in [6, 6.07) is 11.9. The van der Waals surface area contributed by atoms with Crippen LogP contribution in [0.1, 0.15) is 12.5 Å². The molecule has 0 bridgehead atoms. The van der Waals surface area contributed by atoms with Crippen LogP contribution in [0.4, 0.5) is 17.5 Å². The van der Waals surface area contributed by atoms with Gasteiger partial charge in [-0.05, 0) is 37.3 Å². The first-order chi connectivity index (χ1) is 11.3. The first-order valence-corrected chi connectivity index (χ1v) is 7.87. The van der Waals surface area contributed by atoms with Crippen LogP contribution in [0.2, 0.25) is 0 Å². The van der Waals surface area contributed by atoms with Gasteiger partial charge in [-0.2, -0.15) is 10.2 Å². The molecule has 3 rings (SSSR count). The van der Waals surface area contributed by atoms with E-state index in [1.54, 1.807) is 6.20 Å². The molecule has 23 heavy (non-hydrogen) atoms. The van der Waals surface area contributed by atoms with E-state index >= 15 is 0 Å².